The first-order valence-corrected chi connectivity index (χ1v) is 9.36. The quantitative estimate of drug-likeness (QED) is 0.871. The van der Waals surface area contributed by atoms with Gasteiger partial charge in [-0.1, -0.05) is 0 Å². The van der Waals surface area contributed by atoms with Gasteiger partial charge in [0.1, 0.15) is 17.2 Å². The van der Waals surface area contributed by atoms with Crippen molar-refractivity contribution in [3.63, 3.8) is 0 Å². The number of amides is 1. The van der Waals surface area contributed by atoms with E-state index in [1.165, 1.54) is 12.1 Å². The van der Waals surface area contributed by atoms with Gasteiger partial charge in [-0.05, 0) is 45.4 Å². The minimum absolute atomic E-state index is 0.248. The number of halogens is 1. The number of piperidine rings is 1. The maximum Gasteiger partial charge on any atom is 0.410 e. The molecule has 2 atom stereocenters. The Morgan fingerprint density at radius 1 is 1.30 bits per heavy atom. The fourth-order valence-electron chi connectivity index (χ4n) is 3.91. The van der Waals surface area contributed by atoms with Gasteiger partial charge in [-0.15, -0.1) is 0 Å². The highest BCUT2D eigenvalue weighted by atomic mass is 19.1. The summed E-state index contributed by atoms with van der Waals surface area (Å²) < 4.78 is 30.6. The number of hydrogen-bond donors (Lipinski definition) is 1. The van der Waals surface area contributed by atoms with Crippen molar-refractivity contribution in [2.75, 3.05) is 19.8 Å². The van der Waals surface area contributed by atoms with Gasteiger partial charge >= 0.3 is 6.09 Å². The molecule has 0 saturated carbocycles. The van der Waals surface area contributed by atoms with Crippen molar-refractivity contribution < 1.29 is 28.5 Å². The number of nitrogens with zero attached hydrogens (tertiary/aromatic N) is 1. The van der Waals surface area contributed by atoms with Gasteiger partial charge < -0.3 is 19.3 Å². The molecule has 0 aliphatic carbocycles. The van der Waals surface area contributed by atoms with Gasteiger partial charge in [-0.3, -0.25) is 4.90 Å². The molecule has 2 aliphatic heterocycles. The summed E-state index contributed by atoms with van der Waals surface area (Å²) >= 11 is 0. The van der Waals surface area contributed by atoms with Gasteiger partial charge in [-0.25, -0.2) is 9.18 Å². The molecule has 7 heteroatoms. The van der Waals surface area contributed by atoms with Crippen LogP contribution in [-0.2, 0) is 15.1 Å². The Morgan fingerprint density at radius 3 is 2.48 bits per heavy atom. The Morgan fingerprint density at radius 2 is 1.93 bits per heavy atom. The lowest BCUT2D eigenvalue weighted by atomic mass is 9.77. The Kier molecular flexibility index (Phi) is 5.36. The van der Waals surface area contributed by atoms with Crippen LogP contribution in [0.15, 0.2) is 18.2 Å². The van der Waals surface area contributed by atoms with E-state index in [2.05, 4.69) is 0 Å². The molecule has 0 aromatic heterocycles. The number of ether oxygens (including phenoxy) is 3. The number of benzene rings is 1. The Balaban J connectivity index is 1.86. The van der Waals surface area contributed by atoms with Crippen LogP contribution in [-0.4, -0.2) is 53.6 Å². The predicted octanol–water partition coefficient (Wildman–Crippen LogP) is 3.21. The maximum atomic E-state index is 14.1. The second-order valence-electron chi connectivity index (χ2n) is 8.28. The maximum absolute atomic E-state index is 14.1. The third-order valence-corrected chi connectivity index (χ3v) is 4.88. The molecule has 1 aromatic carbocycles. The smallest absolute Gasteiger partial charge is 0.410 e. The molecule has 2 bridgehead atoms. The molecule has 27 heavy (non-hydrogen) atoms. The summed E-state index contributed by atoms with van der Waals surface area (Å²) in [6, 6.07) is 3.64. The van der Waals surface area contributed by atoms with E-state index in [1.807, 2.05) is 27.7 Å². The molecule has 2 saturated heterocycles. The summed E-state index contributed by atoms with van der Waals surface area (Å²) in [5, 5.41) is 11.3. The lowest BCUT2D eigenvalue weighted by Gasteiger charge is -2.51. The summed E-state index contributed by atoms with van der Waals surface area (Å²) in [6.07, 6.45) is 0.0901. The van der Waals surface area contributed by atoms with Crippen LogP contribution >= 0.6 is 0 Å². The van der Waals surface area contributed by atoms with Crippen molar-refractivity contribution in [3.8, 4) is 5.75 Å². The van der Waals surface area contributed by atoms with E-state index in [4.69, 9.17) is 14.2 Å². The van der Waals surface area contributed by atoms with E-state index in [0.717, 1.165) is 0 Å². The van der Waals surface area contributed by atoms with E-state index in [1.54, 1.807) is 11.0 Å². The summed E-state index contributed by atoms with van der Waals surface area (Å²) in [5.74, 6) is -0.0720. The molecule has 2 heterocycles. The number of fused-ring (bicyclic) bond motifs is 2. The van der Waals surface area contributed by atoms with Crippen molar-refractivity contribution >= 4 is 6.09 Å². The molecular formula is C20H28FNO5. The van der Waals surface area contributed by atoms with Crippen LogP contribution < -0.4 is 4.74 Å². The third kappa shape index (κ3) is 4.35. The first kappa shape index (κ1) is 19.9. The second-order valence-corrected chi connectivity index (χ2v) is 8.28. The summed E-state index contributed by atoms with van der Waals surface area (Å²) in [7, 11) is 0. The first-order valence-electron chi connectivity index (χ1n) is 9.36. The van der Waals surface area contributed by atoms with Gasteiger partial charge in [0.15, 0.2) is 0 Å². The van der Waals surface area contributed by atoms with E-state index >= 15 is 0 Å². The molecule has 1 aromatic rings. The molecule has 150 valence electrons. The topological polar surface area (TPSA) is 68.2 Å². The molecular weight excluding hydrogens is 353 g/mol. The van der Waals surface area contributed by atoms with Gasteiger partial charge in [-0.2, -0.15) is 0 Å². The van der Waals surface area contributed by atoms with Crippen LogP contribution in [0.3, 0.4) is 0 Å². The normalized spacial score (nSPS) is 28.0. The standard InChI is InChI=1S/C20H28FNO5/c1-5-26-17-7-13(6-14(21)8-17)20(24)9-15-11-25-12-16(10-20)22(15)18(23)27-19(2,3)4/h6-8,15-16,24H,5,9-12H2,1-4H3. The van der Waals surface area contributed by atoms with Gasteiger partial charge in [0, 0.05) is 18.9 Å². The Hall–Kier alpha value is -1.86. The van der Waals surface area contributed by atoms with Crippen molar-refractivity contribution in [2.24, 2.45) is 0 Å². The Bertz CT molecular complexity index is 688. The van der Waals surface area contributed by atoms with Crippen molar-refractivity contribution in [1.82, 2.24) is 4.90 Å². The van der Waals surface area contributed by atoms with E-state index in [-0.39, 0.29) is 24.9 Å². The fraction of sp³-hybridized carbons (Fsp3) is 0.650. The molecule has 6 nitrogen and oxygen atoms in total. The van der Waals surface area contributed by atoms with Crippen LogP contribution in [0.1, 0.15) is 46.1 Å². The van der Waals surface area contributed by atoms with E-state index in [9.17, 15) is 14.3 Å². The van der Waals surface area contributed by atoms with Crippen LogP contribution in [0.4, 0.5) is 9.18 Å². The second kappa shape index (κ2) is 7.28. The highest BCUT2D eigenvalue weighted by molar-refractivity contribution is 5.69. The minimum Gasteiger partial charge on any atom is -0.494 e. The fourth-order valence-corrected chi connectivity index (χ4v) is 3.91. The highest BCUT2D eigenvalue weighted by Gasteiger charge is 2.50. The summed E-state index contributed by atoms with van der Waals surface area (Å²) in [6.45, 7) is 8.31. The zero-order chi connectivity index (χ0) is 19.8. The van der Waals surface area contributed by atoms with Crippen LogP contribution in [0.25, 0.3) is 0 Å². The van der Waals surface area contributed by atoms with Crippen molar-refractivity contribution in [1.29, 1.82) is 0 Å². The highest BCUT2D eigenvalue weighted by Crippen LogP contribution is 2.42. The minimum atomic E-state index is -1.26. The van der Waals surface area contributed by atoms with Crippen molar-refractivity contribution in [2.45, 2.75) is 63.8 Å². The molecule has 2 fully saturated rings. The van der Waals surface area contributed by atoms with Crippen LogP contribution in [0, 0.1) is 5.82 Å². The van der Waals surface area contributed by atoms with Gasteiger partial charge in [0.2, 0.25) is 0 Å². The van der Waals surface area contributed by atoms with E-state index in [0.29, 0.717) is 31.1 Å². The number of carbonyl (C=O) groups excluding carboxylic acids is 1. The zero-order valence-corrected chi connectivity index (χ0v) is 16.3. The molecule has 0 radical (unpaired) electrons. The third-order valence-electron chi connectivity index (χ3n) is 4.88. The number of hydrogen-bond acceptors (Lipinski definition) is 5. The van der Waals surface area contributed by atoms with Crippen LogP contribution in [0.5, 0.6) is 5.75 Å². The van der Waals surface area contributed by atoms with Gasteiger partial charge in [0.25, 0.3) is 0 Å². The lowest BCUT2D eigenvalue weighted by molar-refractivity contribution is -0.141. The number of morpholine rings is 1. The molecule has 1 N–H and O–H groups in total. The van der Waals surface area contributed by atoms with E-state index < -0.39 is 23.1 Å². The van der Waals surface area contributed by atoms with Crippen molar-refractivity contribution in [3.05, 3.63) is 29.6 Å². The number of rotatable bonds is 3. The average Bonchev–Trinajstić information content (AvgIpc) is 2.52. The monoisotopic (exact) mass is 381 g/mol. The molecule has 3 rings (SSSR count). The van der Waals surface area contributed by atoms with Crippen LogP contribution in [0.2, 0.25) is 0 Å². The predicted molar refractivity (Wildman–Crippen MR) is 97.2 cm³/mol. The summed E-state index contributed by atoms with van der Waals surface area (Å²) in [5.41, 5.74) is -1.40. The SMILES string of the molecule is CCOc1cc(F)cc(C2(O)CC3COCC(C2)N3C(=O)OC(C)(C)C)c1. The molecule has 2 unspecified atom stereocenters. The summed E-state index contributed by atoms with van der Waals surface area (Å²) in [4.78, 5) is 14.3. The molecule has 0 spiro atoms. The molecule has 1 amide bonds. The van der Waals surface area contributed by atoms with Gasteiger partial charge in [0.05, 0.1) is 37.5 Å². The number of aliphatic hydroxyl groups is 1. The largest absolute Gasteiger partial charge is 0.494 e. The average molecular weight is 381 g/mol. The first-order chi connectivity index (χ1) is 12.6. The Labute approximate surface area is 159 Å². The molecule has 2 aliphatic rings. The zero-order valence-electron chi connectivity index (χ0n) is 16.3. The lowest BCUT2D eigenvalue weighted by Crippen LogP contribution is -2.63. The number of carbonyl (C=O) groups is 1.